The van der Waals surface area contributed by atoms with Gasteiger partial charge in [0, 0.05) is 25.5 Å². The predicted molar refractivity (Wildman–Crippen MR) is 85.3 cm³/mol. The zero-order chi connectivity index (χ0) is 15.3. The molecule has 4 nitrogen and oxygen atoms in total. The SMILES string of the molecule is CC(C)CC(C)(O)CNCc1ccc(-n2cccn2)cc1. The molecule has 1 atom stereocenters. The maximum Gasteiger partial charge on any atom is 0.0746 e. The van der Waals surface area contributed by atoms with Crippen LogP contribution in [0.5, 0.6) is 0 Å². The Morgan fingerprint density at radius 3 is 2.57 bits per heavy atom. The van der Waals surface area contributed by atoms with E-state index in [0.29, 0.717) is 12.5 Å². The predicted octanol–water partition coefficient (Wildman–Crippen LogP) is 2.76. The van der Waals surface area contributed by atoms with Crippen LogP contribution in [0.15, 0.2) is 42.7 Å². The van der Waals surface area contributed by atoms with Crippen molar-refractivity contribution >= 4 is 0 Å². The van der Waals surface area contributed by atoms with Crippen LogP contribution in [0, 0.1) is 5.92 Å². The number of hydrogen-bond acceptors (Lipinski definition) is 3. The molecular formula is C17H25N3O. The van der Waals surface area contributed by atoms with Crippen LogP contribution in [-0.4, -0.2) is 27.0 Å². The van der Waals surface area contributed by atoms with Crippen molar-refractivity contribution in [3.05, 3.63) is 48.3 Å². The molecule has 1 unspecified atom stereocenters. The molecule has 2 aromatic rings. The van der Waals surface area contributed by atoms with E-state index in [0.717, 1.165) is 18.7 Å². The monoisotopic (exact) mass is 287 g/mol. The van der Waals surface area contributed by atoms with Gasteiger partial charge >= 0.3 is 0 Å². The zero-order valence-electron chi connectivity index (χ0n) is 13.1. The highest BCUT2D eigenvalue weighted by Gasteiger charge is 2.20. The maximum absolute atomic E-state index is 10.3. The van der Waals surface area contributed by atoms with Gasteiger partial charge in [0.25, 0.3) is 0 Å². The molecule has 1 aromatic carbocycles. The van der Waals surface area contributed by atoms with E-state index in [4.69, 9.17) is 0 Å². The first-order valence-corrected chi connectivity index (χ1v) is 7.48. The smallest absolute Gasteiger partial charge is 0.0746 e. The quantitative estimate of drug-likeness (QED) is 0.823. The van der Waals surface area contributed by atoms with Gasteiger partial charge in [0.2, 0.25) is 0 Å². The standard InChI is InChI=1S/C17H25N3O/c1-14(2)11-17(3,21)13-18-12-15-5-7-16(8-6-15)20-10-4-9-19-20/h4-10,14,18,21H,11-13H2,1-3H3. The van der Waals surface area contributed by atoms with Crippen molar-refractivity contribution in [1.82, 2.24) is 15.1 Å². The normalized spacial score (nSPS) is 14.3. The molecule has 0 aliphatic heterocycles. The van der Waals surface area contributed by atoms with Gasteiger partial charge in [0.15, 0.2) is 0 Å². The summed E-state index contributed by atoms with van der Waals surface area (Å²) in [6, 6.07) is 10.2. The molecule has 4 heteroatoms. The third-order valence-corrected chi connectivity index (χ3v) is 3.39. The lowest BCUT2D eigenvalue weighted by atomic mass is 9.94. The van der Waals surface area contributed by atoms with E-state index in [2.05, 4.69) is 48.5 Å². The van der Waals surface area contributed by atoms with Crippen molar-refractivity contribution in [2.24, 2.45) is 5.92 Å². The summed E-state index contributed by atoms with van der Waals surface area (Å²) in [7, 11) is 0. The van der Waals surface area contributed by atoms with Crippen LogP contribution >= 0.6 is 0 Å². The summed E-state index contributed by atoms with van der Waals surface area (Å²) in [4.78, 5) is 0. The fourth-order valence-corrected chi connectivity index (χ4v) is 2.62. The molecule has 114 valence electrons. The van der Waals surface area contributed by atoms with Crippen molar-refractivity contribution < 1.29 is 5.11 Å². The van der Waals surface area contributed by atoms with Crippen molar-refractivity contribution in [2.45, 2.75) is 39.3 Å². The lowest BCUT2D eigenvalue weighted by Crippen LogP contribution is -2.38. The molecule has 0 aliphatic carbocycles. The van der Waals surface area contributed by atoms with Crippen LogP contribution < -0.4 is 5.32 Å². The van der Waals surface area contributed by atoms with E-state index < -0.39 is 5.60 Å². The number of nitrogens with zero attached hydrogens (tertiary/aromatic N) is 2. The molecule has 0 amide bonds. The Morgan fingerprint density at radius 2 is 2.00 bits per heavy atom. The van der Waals surface area contributed by atoms with Gasteiger partial charge in [-0.1, -0.05) is 26.0 Å². The minimum atomic E-state index is -0.650. The lowest BCUT2D eigenvalue weighted by Gasteiger charge is -2.25. The third-order valence-electron chi connectivity index (χ3n) is 3.39. The summed E-state index contributed by atoms with van der Waals surface area (Å²) in [5.41, 5.74) is 1.60. The third kappa shape index (κ3) is 4.99. The molecule has 0 saturated carbocycles. The summed E-state index contributed by atoms with van der Waals surface area (Å²) in [6.07, 6.45) is 4.50. The summed E-state index contributed by atoms with van der Waals surface area (Å²) < 4.78 is 1.84. The minimum absolute atomic E-state index is 0.496. The van der Waals surface area contributed by atoms with Gasteiger partial charge in [-0.15, -0.1) is 0 Å². The Morgan fingerprint density at radius 1 is 1.29 bits per heavy atom. The van der Waals surface area contributed by atoms with Crippen LogP contribution in [-0.2, 0) is 6.54 Å². The highest BCUT2D eigenvalue weighted by atomic mass is 16.3. The zero-order valence-corrected chi connectivity index (χ0v) is 13.1. The number of rotatable bonds is 7. The second-order valence-corrected chi connectivity index (χ2v) is 6.32. The minimum Gasteiger partial charge on any atom is -0.389 e. The first-order chi connectivity index (χ1) is 9.96. The first kappa shape index (κ1) is 15.7. The van der Waals surface area contributed by atoms with E-state index in [-0.39, 0.29) is 0 Å². The molecule has 0 spiro atoms. The number of aliphatic hydroxyl groups is 1. The van der Waals surface area contributed by atoms with Gasteiger partial charge in [0.05, 0.1) is 11.3 Å². The number of aromatic nitrogens is 2. The molecule has 1 aromatic heterocycles. The maximum atomic E-state index is 10.3. The Kier molecular flexibility index (Phi) is 5.15. The molecule has 2 rings (SSSR count). The van der Waals surface area contributed by atoms with Crippen molar-refractivity contribution in [3.8, 4) is 5.69 Å². The molecule has 1 heterocycles. The van der Waals surface area contributed by atoms with Crippen molar-refractivity contribution in [1.29, 1.82) is 0 Å². The van der Waals surface area contributed by atoms with Gasteiger partial charge in [-0.3, -0.25) is 0 Å². The van der Waals surface area contributed by atoms with E-state index in [9.17, 15) is 5.11 Å². The molecule has 0 saturated heterocycles. The van der Waals surface area contributed by atoms with Gasteiger partial charge in [-0.05, 0) is 43.0 Å². The Labute approximate surface area is 126 Å². The summed E-state index contributed by atoms with van der Waals surface area (Å²) in [5.74, 6) is 0.496. The number of benzene rings is 1. The van der Waals surface area contributed by atoms with E-state index >= 15 is 0 Å². The molecule has 0 bridgehead atoms. The second kappa shape index (κ2) is 6.87. The highest BCUT2D eigenvalue weighted by Crippen LogP contribution is 2.15. The van der Waals surface area contributed by atoms with E-state index in [1.165, 1.54) is 5.56 Å². The molecule has 2 N–H and O–H groups in total. The average molecular weight is 287 g/mol. The fraction of sp³-hybridized carbons (Fsp3) is 0.471. The van der Waals surface area contributed by atoms with Gasteiger partial charge < -0.3 is 10.4 Å². The van der Waals surface area contributed by atoms with Crippen molar-refractivity contribution in [3.63, 3.8) is 0 Å². The van der Waals surface area contributed by atoms with Gasteiger partial charge in [-0.25, -0.2) is 4.68 Å². The molecule has 21 heavy (non-hydrogen) atoms. The Balaban J connectivity index is 1.84. The largest absolute Gasteiger partial charge is 0.389 e. The summed E-state index contributed by atoms with van der Waals surface area (Å²) in [6.45, 7) is 7.51. The molecule has 0 fully saturated rings. The molecule has 0 aliphatic rings. The Bertz CT molecular complexity index is 530. The van der Waals surface area contributed by atoms with Crippen LogP contribution in [0.3, 0.4) is 0 Å². The van der Waals surface area contributed by atoms with Crippen LogP contribution in [0.2, 0.25) is 0 Å². The molecular weight excluding hydrogens is 262 g/mol. The highest BCUT2D eigenvalue weighted by molar-refractivity contribution is 5.33. The summed E-state index contributed by atoms with van der Waals surface area (Å²) in [5, 5.41) is 17.8. The first-order valence-electron chi connectivity index (χ1n) is 7.48. The average Bonchev–Trinajstić information content (AvgIpc) is 2.91. The summed E-state index contributed by atoms with van der Waals surface area (Å²) >= 11 is 0. The second-order valence-electron chi connectivity index (χ2n) is 6.32. The van der Waals surface area contributed by atoms with Crippen molar-refractivity contribution in [2.75, 3.05) is 6.54 Å². The van der Waals surface area contributed by atoms with Gasteiger partial charge in [0.1, 0.15) is 0 Å². The Hall–Kier alpha value is -1.65. The number of hydrogen-bond donors (Lipinski definition) is 2. The fourth-order valence-electron chi connectivity index (χ4n) is 2.62. The van der Waals surface area contributed by atoms with Gasteiger partial charge in [-0.2, -0.15) is 5.10 Å². The van der Waals surface area contributed by atoms with E-state index in [1.807, 2.05) is 23.9 Å². The lowest BCUT2D eigenvalue weighted by molar-refractivity contribution is 0.0383. The topological polar surface area (TPSA) is 50.1 Å². The molecule has 0 radical (unpaired) electrons. The van der Waals surface area contributed by atoms with Crippen LogP contribution in [0.4, 0.5) is 0 Å². The van der Waals surface area contributed by atoms with Crippen LogP contribution in [0.25, 0.3) is 5.69 Å². The number of nitrogens with one attached hydrogen (secondary N) is 1. The van der Waals surface area contributed by atoms with Crippen LogP contribution in [0.1, 0.15) is 32.8 Å². The van der Waals surface area contributed by atoms with E-state index in [1.54, 1.807) is 6.20 Å².